The summed E-state index contributed by atoms with van der Waals surface area (Å²) in [6.45, 7) is 12.1. The fraction of sp³-hybridized carbons (Fsp3) is 0.938. The molecule has 2 saturated heterocycles. The van der Waals surface area contributed by atoms with E-state index in [2.05, 4.69) is 37.9 Å². The predicted molar refractivity (Wildman–Crippen MR) is 79.0 cm³/mol. The summed E-state index contributed by atoms with van der Waals surface area (Å²) in [6, 6.07) is 0. The van der Waals surface area contributed by atoms with Gasteiger partial charge in [0.15, 0.2) is 0 Å². The topological polar surface area (TPSA) is 32.3 Å². The lowest BCUT2D eigenvalue weighted by molar-refractivity contribution is -0.143. The summed E-state index contributed by atoms with van der Waals surface area (Å²) in [6.07, 6.45) is 5.49. The van der Waals surface area contributed by atoms with Crippen molar-refractivity contribution in [1.29, 1.82) is 0 Å². The Bertz CT molecular complexity index is 330. The van der Waals surface area contributed by atoms with E-state index in [4.69, 9.17) is 0 Å². The first-order chi connectivity index (χ1) is 8.80. The molecule has 3 nitrogen and oxygen atoms in total. The molecule has 2 aliphatic heterocycles. The lowest BCUT2D eigenvalue weighted by Crippen LogP contribution is -2.56. The van der Waals surface area contributed by atoms with Gasteiger partial charge in [-0.15, -0.1) is 0 Å². The molecule has 2 fully saturated rings. The van der Waals surface area contributed by atoms with Gasteiger partial charge in [-0.3, -0.25) is 4.79 Å². The van der Waals surface area contributed by atoms with Gasteiger partial charge in [-0.05, 0) is 64.0 Å². The van der Waals surface area contributed by atoms with Gasteiger partial charge in [0.05, 0.1) is 0 Å². The quantitative estimate of drug-likeness (QED) is 0.833. The van der Waals surface area contributed by atoms with Crippen LogP contribution in [0.2, 0.25) is 0 Å². The van der Waals surface area contributed by atoms with Crippen molar-refractivity contribution < 1.29 is 4.79 Å². The molecular weight excluding hydrogens is 236 g/mol. The number of amides is 1. The minimum absolute atomic E-state index is 0.0364. The first-order valence-electron chi connectivity index (χ1n) is 7.81. The Labute approximate surface area is 118 Å². The minimum atomic E-state index is 0.0364. The van der Waals surface area contributed by atoms with Crippen LogP contribution in [0.4, 0.5) is 0 Å². The molecule has 0 aromatic rings. The molecular formula is C16H30N2O. The van der Waals surface area contributed by atoms with E-state index in [0.29, 0.717) is 11.8 Å². The maximum Gasteiger partial charge on any atom is 0.223 e. The molecule has 0 bridgehead atoms. The van der Waals surface area contributed by atoms with Crippen LogP contribution in [0, 0.1) is 11.3 Å². The number of carbonyl (C=O) groups excluding carboxylic acids is 1. The smallest absolute Gasteiger partial charge is 0.223 e. The van der Waals surface area contributed by atoms with Gasteiger partial charge in [0.25, 0.3) is 0 Å². The molecule has 0 spiro atoms. The van der Waals surface area contributed by atoms with Gasteiger partial charge in [0, 0.05) is 18.5 Å². The van der Waals surface area contributed by atoms with E-state index in [-0.39, 0.29) is 11.0 Å². The zero-order valence-corrected chi connectivity index (χ0v) is 13.1. The van der Waals surface area contributed by atoms with E-state index < -0.39 is 0 Å². The summed E-state index contributed by atoms with van der Waals surface area (Å²) in [5.74, 6) is 0.911. The molecule has 1 N–H and O–H groups in total. The van der Waals surface area contributed by atoms with Crippen LogP contribution in [0.5, 0.6) is 0 Å². The molecule has 2 aliphatic rings. The summed E-state index contributed by atoms with van der Waals surface area (Å²) in [5, 5.41) is 3.41. The Morgan fingerprint density at radius 2 is 2.00 bits per heavy atom. The van der Waals surface area contributed by atoms with Crippen molar-refractivity contribution in [1.82, 2.24) is 10.2 Å². The fourth-order valence-electron chi connectivity index (χ4n) is 3.38. The molecule has 19 heavy (non-hydrogen) atoms. The van der Waals surface area contributed by atoms with E-state index in [0.717, 1.165) is 32.5 Å². The van der Waals surface area contributed by atoms with Gasteiger partial charge in [0.1, 0.15) is 0 Å². The first kappa shape index (κ1) is 14.8. The van der Waals surface area contributed by atoms with E-state index in [1.54, 1.807) is 0 Å². The van der Waals surface area contributed by atoms with Crippen molar-refractivity contribution in [3.63, 3.8) is 0 Å². The molecule has 3 heteroatoms. The number of likely N-dealkylation sites (tertiary alicyclic amines) is 1. The monoisotopic (exact) mass is 266 g/mol. The highest BCUT2D eigenvalue weighted by molar-refractivity contribution is 5.77. The van der Waals surface area contributed by atoms with Crippen LogP contribution >= 0.6 is 0 Å². The zero-order valence-electron chi connectivity index (χ0n) is 13.1. The summed E-state index contributed by atoms with van der Waals surface area (Å²) in [7, 11) is 0. The van der Waals surface area contributed by atoms with Gasteiger partial charge in [-0.25, -0.2) is 0 Å². The molecule has 110 valence electrons. The van der Waals surface area contributed by atoms with Crippen molar-refractivity contribution in [3.05, 3.63) is 0 Å². The van der Waals surface area contributed by atoms with Crippen LogP contribution < -0.4 is 5.32 Å². The minimum Gasteiger partial charge on any atom is -0.337 e. The predicted octanol–water partition coefficient (Wildman–Crippen LogP) is 2.80. The molecule has 0 saturated carbocycles. The molecule has 2 rings (SSSR count). The summed E-state index contributed by atoms with van der Waals surface area (Å²) >= 11 is 0. The van der Waals surface area contributed by atoms with E-state index in [9.17, 15) is 4.79 Å². The molecule has 2 heterocycles. The Morgan fingerprint density at radius 1 is 1.26 bits per heavy atom. The Morgan fingerprint density at radius 3 is 2.63 bits per heavy atom. The molecule has 0 aliphatic carbocycles. The normalized spacial score (nSPS) is 30.1. The number of hydrogen-bond donors (Lipinski definition) is 1. The van der Waals surface area contributed by atoms with Gasteiger partial charge in [0.2, 0.25) is 5.91 Å². The molecule has 0 radical (unpaired) electrons. The molecule has 1 atom stereocenters. The third-order valence-corrected chi connectivity index (χ3v) is 4.89. The second kappa shape index (κ2) is 5.43. The summed E-state index contributed by atoms with van der Waals surface area (Å²) in [4.78, 5) is 14.8. The largest absolute Gasteiger partial charge is 0.337 e. The second-order valence-electron chi connectivity index (χ2n) is 7.87. The Balaban J connectivity index is 1.98. The average molecular weight is 266 g/mol. The number of rotatable bonds is 2. The number of hydrogen-bond acceptors (Lipinski definition) is 2. The third kappa shape index (κ3) is 3.71. The number of carbonyl (C=O) groups is 1. The van der Waals surface area contributed by atoms with Crippen LogP contribution in [-0.4, -0.2) is 36.0 Å². The Hall–Kier alpha value is -0.570. The van der Waals surface area contributed by atoms with Crippen LogP contribution in [0.15, 0.2) is 0 Å². The van der Waals surface area contributed by atoms with Crippen LogP contribution in [-0.2, 0) is 4.79 Å². The molecule has 1 amide bonds. The van der Waals surface area contributed by atoms with Crippen molar-refractivity contribution in [2.24, 2.45) is 11.3 Å². The average Bonchev–Trinajstić information content (AvgIpc) is 2.34. The van der Waals surface area contributed by atoms with Crippen molar-refractivity contribution in [2.45, 2.75) is 65.3 Å². The molecule has 0 aromatic heterocycles. The van der Waals surface area contributed by atoms with Crippen molar-refractivity contribution in [3.8, 4) is 0 Å². The van der Waals surface area contributed by atoms with Crippen LogP contribution in [0.3, 0.4) is 0 Å². The van der Waals surface area contributed by atoms with Crippen LogP contribution in [0.1, 0.15) is 59.8 Å². The lowest BCUT2D eigenvalue weighted by atomic mass is 9.76. The number of piperidine rings is 2. The summed E-state index contributed by atoms with van der Waals surface area (Å²) < 4.78 is 0. The van der Waals surface area contributed by atoms with E-state index in [1.165, 1.54) is 19.3 Å². The maximum atomic E-state index is 12.7. The first-order valence-corrected chi connectivity index (χ1v) is 7.81. The van der Waals surface area contributed by atoms with E-state index in [1.807, 2.05) is 0 Å². The second-order valence-corrected chi connectivity index (χ2v) is 7.87. The molecule has 1 unspecified atom stereocenters. The van der Waals surface area contributed by atoms with Crippen LogP contribution in [0.25, 0.3) is 0 Å². The van der Waals surface area contributed by atoms with Gasteiger partial charge >= 0.3 is 0 Å². The third-order valence-electron chi connectivity index (χ3n) is 4.89. The SMILES string of the molecule is CC1(C)CCC(C)(C)N(C(=O)CC2CCCNC2)C1. The van der Waals surface area contributed by atoms with Gasteiger partial charge in [-0.2, -0.15) is 0 Å². The fourth-order valence-corrected chi connectivity index (χ4v) is 3.38. The molecule has 0 aromatic carbocycles. The van der Waals surface area contributed by atoms with Gasteiger partial charge in [-0.1, -0.05) is 13.8 Å². The van der Waals surface area contributed by atoms with E-state index >= 15 is 0 Å². The standard InChI is InChI=1S/C16H30N2O/c1-15(2)7-8-16(3,4)18(12-15)14(19)10-13-6-5-9-17-11-13/h13,17H,5-12H2,1-4H3. The maximum absolute atomic E-state index is 12.7. The number of nitrogens with zero attached hydrogens (tertiary/aromatic N) is 1. The van der Waals surface area contributed by atoms with Crippen molar-refractivity contribution in [2.75, 3.05) is 19.6 Å². The highest BCUT2D eigenvalue weighted by atomic mass is 16.2. The highest BCUT2D eigenvalue weighted by Crippen LogP contribution is 2.38. The van der Waals surface area contributed by atoms with Gasteiger partial charge < -0.3 is 10.2 Å². The zero-order chi connectivity index (χ0) is 14.1. The number of nitrogens with one attached hydrogen (secondary N) is 1. The highest BCUT2D eigenvalue weighted by Gasteiger charge is 2.40. The van der Waals surface area contributed by atoms with Crippen molar-refractivity contribution >= 4 is 5.91 Å². The Kier molecular flexibility index (Phi) is 4.24. The lowest BCUT2D eigenvalue weighted by Gasteiger charge is -2.49. The summed E-state index contributed by atoms with van der Waals surface area (Å²) in [5.41, 5.74) is 0.310.